The molecular weight excluding hydrogens is 144 g/mol. The monoisotopic (exact) mass is 164 g/mol. The Morgan fingerprint density at radius 2 is 1.58 bits per heavy atom. The molecule has 0 unspecified atom stereocenters. The van der Waals surface area contributed by atoms with Gasteiger partial charge >= 0.3 is 0 Å². The molecule has 0 atom stereocenters. The van der Waals surface area contributed by atoms with Gasteiger partial charge in [-0.25, -0.2) is 0 Å². The summed E-state index contributed by atoms with van der Waals surface area (Å²) in [7, 11) is 0. The fraction of sp³-hybridized carbons (Fsp3) is 0.500. The average Bonchev–Trinajstić information content (AvgIpc) is 1.99. The molecule has 0 saturated carbocycles. The molecule has 0 heteroatoms. The minimum Gasteiger partial charge on any atom is -0.0998 e. The summed E-state index contributed by atoms with van der Waals surface area (Å²) in [6, 6.07) is 0. The Morgan fingerprint density at radius 1 is 1.08 bits per heavy atom. The highest BCUT2D eigenvalue weighted by atomic mass is 13.9. The molecule has 0 aliphatic carbocycles. The summed E-state index contributed by atoms with van der Waals surface area (Å²) in [6.07, 6.45) is 6.54. The maximum Gasteiger partial charge on any atom is -0.0114 e. The van der Waals surface area contributed by atoms with Gasteiger partial charge < -0.3 is 0 Å². The fourth-order valence-corrected chi connectivity index (χ4v) is 0.937. The van der Waals surface area contributed by atoms with Crippen molar-refractivity contribution < 1.29 is 0 Å². The van der Waals surface area contributed by atoms with Crippen molar-refractivity contribution in [3.63, 3.8) is 0 Å². The highest BCUT2D eigenvalue weighted by molar-refractivity contribution is 5.18. The van der Waals surface area contributed by atoms with Crippen LogP contribution in [-0.4, -0.2) is 0 Å². The van der Waals surface area contributed by atoms with Crippen molar-refractivity contribution in [3.05, 3.63) is 35.5 Å². The van der Waals surface area contributed by atoms with E-state index in [2.05, 4.69) is 46.4 Å². The predicted molar refractivity (Wildman–Crippen MR) is 57.2 cm³/mol. The molecule has 0 aromatic heterocycles. The molecule has 0 aromatic rings. The van der Waals surface area contributed by atoms with E-state index in [-0.39, 0.29) is 0 Å². The van der Waals surface area contributed by atoms with Crippen LogP contribution in [0.3, 0.4) is 0 Å². The van der Waals surface area contributed by atoms with E-state index in [1.807, 2.05) is 0 Å². The molecule has 0 saturated heterocycles. The molecule has 0 fully saturated rings. The average molecular weight is 164 g/mol. The van der Waals surface area contributed by atoms with Crippen LogP contribution in [0.5, 0.6) is 0 Å². The number of hydrogen-bond acceptors (Lipinski definition) is 0. The lowest BCUT2D eigenvalue weighted by atomic mass is 10.1. The van der Waals surface area contributed by atoms with E-state index >= 15 is 0 Å². The molecule has 0 aromatic carbocycles. The summed E-state index contributed by atoms with van der Waals surface area (Å²) in [5, 5.41) is 0. The van der Waals surface area contributed by atoms with E-state index < -0.39 is 0 Å². The summed E-state index contributed by atoms with van der Waals surface area (Å²) in [5.74, 6) is 0. The number of rotatable bonds is 4. The van der Waals surface area contributed by atoms with Gasteiger partial charge in [-0.3, -0.25) is 0 Å². The fourth-order valence-electron chi connectivity index (χ4n) is 0.937. The van der Waals surface area contributed by atoms with Gasteiger partial charge in [-0.2, -0.15) is 0 Å². The zero-order valence-corrected chi connectivity index (χ0v) is 8.78. The second-order valence-electron chi connectivity index (χ2n) is 3.51. The van der Waals surface area contributed by atoms with Gasteiger partial charge in [0, 0.05) is 0 Å². The minimum absolute atomic E-state index is 1.02. The van der Waals surface area contributed by atoms with Gasteiger partial charge in [0.2, 0.25) is 0 Å². The quantitative estimate of drug-likeness (QED) is 0.430. The molecule has 0 heterocycles. The molecule has 0 nitrogen and oxygen atoms in total. The number of allylic oxidation sites excluding steroid dienone is 5. The van der Waals surface area contributed by atoms with Crippen LogP contribution in [0.25, 0.3) is 0 Å². The normalized spacial score (nSPS) is 13.3. The molecule has 0 aliphatic heterocycles. The summed E-state index contributed by atoms with van der Waals surface area (Å²) < 4.78 is 0. The van der Waals surface area contributed by atoms with Gasteiger partial charge in [0.15, 0.2) is 0 Å². The van der Waals surface area contributed by atoms with Crippen molar-refractivity contribution in [2.75, 3.05) is 0 Å². The molecule has 68 valence electrons. The maximum absolute atomic E-state index is 3.88. The first-order valence-corrected chi connectivity index (χ1v) is 4.53. The summed E-state index contributed by atoms with van der Waals surface area (Å²) in [6.45, 7) is 12.4. The molecule has 0 bridgehead atoms. The Balaban J connectivity index is 4.08. The van der Waals surface area contributed by atoms with Crippen LogP contribution in [-0.2, 0) is 0 Å². The zero-order chi connectivity index (χ0) is 9.56. The van der Waals surface area contributed by atoms with E-state index in [4.69, 9.17) is 0 Å². The maximum atomic E-state index is 3.88. The van der Waals surface area contributed by atoms with Gasteiger partial charge in [0.05, 0.1) is 0 Å². The van der Waals surface area contributed by atoms with Crippen LogP contribution < -0.4 is 0 Å². The lowest BCUT2D eigenvalue weighted by molar-refractivity contribution is 1.09. The van der Waals surface area contributed by atoms with Gasteiger partial charge in [0.1, 0.15) is 0 Å². The zero-order valence-electron chi connectivity index (χ0n) is 8.78. The van der Waals surface area contributed by atoms with Crippen molar-refractivity contribution in [3.8, 4) is 0 Å². The van der Waals surface area contributed by atoms with Gasteiger partial charge in [-0.1, -0.05) is 42.4 Å². The highest BCUT2D eigenvalue weighted by Crippen LogP contribution is 2.08. The third kappa shape index (κ3) is 5.96. The Hall–Kier alpha value is -0.780. The van der Waals surface area contributed by atoms with E-state index in [1.54, 1.807) is 0 Å². The van der Waals surface area contributed by atoms with Gasteiger partial charge in [0.25, 0.3) is 0 Å². The van der Waals surface area contributed by atoms with Crippen LogP contribution in [0.15, 0.2) is 35.5 Å². The molecule has 0 radical (unpaired) electrons. The molecule has 0 aliphatic rings. The smallest absolute Gasteiger partial charge is 0.0114 e. The molecule has 12 heavy (non-hydrogen) atoms. The molecule has 0 amide bonds. The van der Waals surface area contributed by atoms with Crippen LogP contribution >= 0.6 is 0 Å². The second kappa shape index (κ2) is 5.82. The van der Waals surface area contributed by atoms with E-state index in [9.17, 15) is 0 Å². The van der Waals surface area contributed by atoms with Crippen LogP contribution in [0.4, 0.5) is 0 Å². The first-order valence-electron chi connectivity index (χ1n) is 4.53. The summed E-state index contributed by atoms with van der Waals surface area (Å²) >= 11 is 0. The van der Waals surface area contributed by atoms with E-state index in [0.29, 0.717) is 0 Å². The topological polar surface area (TPSA) is 0 Å². The van der Waals surface area contributed by atoms with Crippen LogP contribution in [0.2, 0.25) is 0 Å². The van der Waals surface area contributed by atoms with Gasteiger partial charge in [-0.15, -0.1) is 0 Å². The first-order chi connectivity index (χ1) is 5.56. The van der Waals surface area contributed by atoms with Gasteiger partial charge in [-0.05, 0) is 33.6 Å². The Bertz CT molecular complexity index is 204. The highest BCUT2D eigenvalue weighted by Gasteiger charge is 1.88. The predicted octanol–water partition coefficient (Wildman–Crippen LogP) is 4.26. The van der Waals surface area contributed by atoms with E-state index in [0.717, 1.165) is 12.8 Å². The Labute approximate surface area is 76.7 Å². The Kier molecular flexibility index (Phi) is 5.44. The SMILES string of the molecule is C=C(C)C/C(C)=C/C=C(\C)CC. The minimum atomic E-state index is 1.02. The molecule has 0 rings (SSSR count). The van der Waals surface area contributed by atoms with Crippen LogP contribution in [0.1, 0.15) is 40.5 Å². The lowest BCUT2D eigenvalue weighted by Crippen LogP contribution is -1.77. The van der Waals surface area contributed by atoms with Crippen molar-refractivity contribution in [2.45, 2.75) is 40.5 Å². The third-order valence-electron chi connectivity index (χ3n) is 1.79. The molecule has 0 spiro atoms. The third-order valence-corrected chi connectivity index (χ3v) is 1.79. The van der Waals surface area contributed by atoms with Crippen molar-refractivity contribution >= 4 is 0 Å². The van der Waals surface area contributed by atoms with E-state index in [1.165, 1.54) is 16.7 Å². The van der Waals surface area contributed by atoms with Crippen molar-refractivity contribution in [2.24, 2.45) is 0 Å². The molecular formula is C12H20. The van der Waals surface area contributed by atoms with Crippen molar-refractivity contribution in [1.29, 1.82) is 0 Å². The summed E-state index contributed by atoms with van der Waals surface area (Å²) in [4.78, 5) is 0. The van der Waals surface area contributed by atoms with Crippen molar-refractivity contribution in [1.82, 2.24) is 0 Å². The van der Waals surface area contributed by atoms with Crippen LogP contribution in [0, 0.1) is 0 Å². The lowest BCUT2D eigenvalue weighted by Gasteiger charge is -1.98. The first kappa shape index (κ1) is 11.2. The standard InChI is InChI=1S/C12H20/c1-6-11(4)7-8-12(5)9-10(2)3/h7-8H,2,6,9H2,1,3-5H3/b11-7+,12-8+. The Morgan fingerprint density at radius 3 is 2.00 bits per heavy atom. The summed E-state index contributed by atoms with van der Waals surface area (Å²) in [5.41, 5.74) is 4.04. The number of hydrogen-bond donors (Lipinski definition) is 0. The largest absolute Gasteiger partial charge is 0.0998 e. The molecule has 0 N–H and O–H groups in total. The second-order valence-corrected chi connectivity index (χ2v) is 3.51.